The van der Waals surface area contributed by atoms with Crippen LogP contribution in [-0.4, -0.2) is 41.6 Å². The number of hydrogen-bond donors (Lipinski definition) is 1. The largest absolute Gasteiger partial charge is 0.507 e. The van der Waals surface area contributed by atoms with Crippen molar-refractivity contribution < 1.29 is 24.1 Å². The molecule has 0 atom stereocenters. The first-order chi connectivity index (χ1) is 15.5. The van der Waals surface area contributed by atoms with Crippen LogP contribution in [0.4, 0.5) is 0 Å². The minimum atomic E-state index is -0.478. The van der Waals surface area contributed by atoms with E-state index in [9.17, 15) is 9.90 Å². The van der Waals surface area contributed by atoms with Crippen molar-refractivity contribution in [3.05, 3.63) is 58.2 Å². The number of phenolic OH excluding ortho intramolecular Hbond substituents is 1. The Balaban J connectivity index is 1.86. The van der Waals surface area contributed by atoms with E-state index in [4.69, 9.17) is 14.5 Å². The Bertz CT molecular complexity index is 1170. The topological polar surface area (TPSA) is 77.4 Å². The highest BCUT2D eigenvalue weighted by atomic mass is 16.5. The molecule has 0 amide bonds. The number of carbonyl (C=O) groups is 1. The van der Waals surface area contributed by atoms with Gasteiger partial charge in [-0.05, 0) is 64.8 Å². The minimum absolute atomic E-state index is 0.0689. The van der Waals surface area contributed by atoms with Gasteiger partial charge in [0.1, 0.15) is 11.4 Å². The van der Waals surface area contributed by atoms with E-state index in [1.807, 2.05) is 13.0 Å². The maximum Gasteiger partial charge on any atom is 0.330 e. The maximum absolute atomic E-state index is 11.4. The molecule has 0 bridgehead atoms. The summed E-state index contributed by atoms with van der Waals surface area (Å²) in [5.41, 5.74) is 4.86. The molecule has 2 heterocycles. The second-order valence-electron chi connectivity index (χ2n) is 9.77. The van der Waals surface area contributed by atoms with Gasteiger partial charge in [-0.1, -0.05) is 12.1 Å². The number of nitrogens with zero attached hydrogens (tertiary/aromatic N) is 1. The fourth-order valence-electron chi connectivity index (χ4n) is 4.60. The molecular formula is C27H31NO5. The van der Waals surface area contributed by atoms with Crippen LogP contribution in [-0.2, 0) is 22.4 Å². The number of benzene rings is 2. The standard InChI is InChI=1S/C27H31NO5/c1-7-32-21-13-18-14-26(2,3)28-24(23(18)19-15-27(4,5)33-25(19)21)17-9-8-16(20(29)12-17)10-11-22(30)31-6/h8-13,29H,7,14-15H2,1-6H3/b11-10+. The van der Waals surface area contributed by atoms with Crippen LogP contribution < -0.4 is 9.47 Å². The van der Waals surface area contributed by atoms with Gasteiger partial charge in [-0.2, -0.15) is 0 Å². The highest BCUT2D eigenvalue weighted by Crippen LogP contribution is 2.48. The molecule has 0 saturated carbocycles. The van der Waals surface area contributed by atoms with E-state index in [0.29, 0.717) is 12.2 Å². The van der Waals surface area contributed by atoms with Crippen LogP contribution in [0.15, 0.2) is 35.3 Å². The molecule has 2 aromatic carbocycles. The van der Waals surface area contributed by atoms with E-state index in [-0.39, 0.29) is 16.9 Å². The summed E-state index contributed by atoms with van der Waals surface area (Å²) < 4.78 is 16.9. The van der Waals surface area contributed by atoms with Crippen LogP contribution in [0, 0.1) is 0 Å². The van der Waals surface area contributed by atoms with Crippen molar-refractivity contribution in [2.75, 3.05) is 13.7 Å². The number of ether oxygens (including phenoxy) is 3. The number of aliphatic imine (C=N–C) groups is 1. The molecule has 33 heavy (non-hydrogen) atoms. The number of methoxy groups -OCH3 is 1. The Labute approximate surface area is 194 Å². The first kappa shape index (κ1) is 22.9. The number of aromatic hydroxyl groups is 1. The van der Waals surface area contributed by atoms with Crippen LogP contribution >= 0.6 is 0 Å². The Morgan fingerprint density at radius 3 is 2.64 bits per heavy atom. The first-order valence-corrected chi connectivity index (χ1v) is 11.2. The van der Waals surface area contributed by atoms with Crippen molar-refractivity contribution in [3.8, 4) is 17.2 Å². The lowest BCUT2D eigenvalue weighted by Gasteiger charge is -2.31. The Kier molecular flexibility index (Phi) is 5.72. The predicted octanol–water partition coefficient (Wildman–Crippen LogP) is 4.86. The molecule has 2 aliphatic heterocycles. The molecule has 2 aromatic rings. The molecule has 0 fully saturated rings. The summed E-state index contributed by atoms with van der Waals surface area (Å²) in [5.74, 6) is 1.16. The van der Waals surface area contributed by atoms with Crippen molar-refractivity contribution in [1.82, 2.24) is 0 Å². The van der Waals surface area contributed by atoms with Gasteiger partial charge in [0, 0.05) is 34.8 Å². The van der Waals surface area contributed by atoms with Crippen molar-refractivity contribution in [2.24, 2.45) is 4.99 Å². The fourth-order valence-corrected chi connectivity index (χ4v) is 4.60. The summed E-state index contributed by atoms with van der Waals surface area (Å²) >= 11 is 0. The van der Waals surface area contributed by atoms with Gasteiger partial charge in [-0.3, -0.25) is 4.99 Å². The molecule has 0 radical (unpaired) electrons. The van der Waals surface area contributed by atoms with Crippen molar-refractivity contribution in [3.63, 3.8) is 0 Å². The average molecular weight is 450 g/mol. The second kappa shape index (κ2) is 8.25. The van der Waals surface area contributed by atoms with Crippen LogP contribution in [0.5, 0.6) is 17.2 Å². The molecule has 2 aliphatic rings. The average Bonchev–Trinajstić information content (AvgIpc) is 3.06. The van der Waals surface area contributed by atoms with E-state index < -0.39 is 5.97 Å². The zero-order valence-electron chi connectivity index (χ0n) is 20.1. The van der Waals surface area contributed by atoms with Crippen LogP contribution in [0.25, 0.3) is 6.08 Å². The van der Waals surface area contributed by atoms with E-state index >= 15 is 0 Å². The number of fused-ring (bicyclic) bond motifs is 3. The zero-order chi connectivity index (χ0) is 24.0. The normalized spacial score (nSPS) is 17.7. The molecular weight excluding hydrogens is 418 g/mol. The van der Waals surface area contributed by atoms with E-state index in [1.54, 1.807) is 12.1 Å². The summed E-state index contributed by atoms with van der Waals surface area (Å²) in [6, 6.07) is 7.49. The van der Waals surface area contributed by atoms with Crippen molar-refractivity contribution in [2.45, 2.75) is 58.6 Å². The van der Waals surface area contributed by atoms with Gasteiger partial charge in [0.15, 0.2) is 11.5 Å². The molecule has 6 heteroatoms. The molecule has 0 aromatic heterocycles. The second-order valence-corrected chi connectivity index (χ2v) is 9.77. The third-order valence-electron chi connectivity index (χ3n) is 5.89. The minimum Gasteiger partial charge on any atom is -0.507 e. The van der Waals surface area contributed by atoms with Crippen LogP contribution in [0.3, 0.4) is 0 Å². The lowest BCUT2D eigenvalue weighted by molar-refractivity contribution is -0.134. The van der Waals surface area contributed by atoms with Crippen LogP contribution in [0.2, 0.25) is 0 Å². The third kappa shape index (κ3) is 4.47. The molecule has 0 aliphatic carbocycles. The smallest absolute Gasteiger partial charge is 0.330 e. The molecule has 6 nitrogen and oxygen atoms in total. The van der Waals surface area contributed by atoms with Gasteiger partial charge in [-0.15, -0.1) is 0 Å². The zero-order valence-corrected chi connectivity index (χ0v) is 20.1. The molecule has 4 rings (SSSR count). The van der Waals surface area contributed by atoms with E-state index in [2.05, 4.69) is 38.5 Å². The summed E-state index contributed by atoms with van der Waals surface area (Å²) in [5, 5.41) is 10.7. The Hall–Kier alpha value is -3.28. The van der Waals surface area contributed by atoms with Gasteiger partial charge >= 0.3 is 5.97 Å². The van der Waals surface area contributed by atoms with E-state index in [0.717, 1.165) is 46.7 Å². The van der Waals surface area contributed by atoms with Gasteiger partial charge in [0.2, 0.25) is 0 Å². The summed E-state index contributed by atoms with van der Waals surface area (Å²) in [7, 11) is 1.32. The Morgan fingerprint density at radius 1 is 1.21 bits per heavy atom. The monoisotopic (exact) mass is 449 g/mol. The third-order valence-corrected chi connectivity index (χ3v) is 5.89. The van der Waals surface area contributed by atoms with Gasteiger partial charge in [0.05, 0.1) is 25.0 Å². The highest BCUT2D eigenvalue weighted by Gasteiger charge is 2.39. The lowest BCUT2D eigenvalue weighted by Crippen LogP contribution is -2.30. The first-order valence-electron chi connectivity index (χ1n) is 11.2. The van der Waals surface area contributed by atoms with Crippen molar-refractivity contribution >= 4 is 17.8 Å². The number of phenols is 1. The highest BCUT2D eigenvalue weighted by molar-refractivity contribution is 6.16. The fraction of sp³-hybridized carbons (Fsp3) is 0.407. The van der Waals surface area contributed by atoms with Gasteiger partial charge in [0.25, 0.3) is 0 Å². The van der Waals surface area contributed by atoms with Gasteiger partial charge in [-0.25, -0.2) is 4.79 Å². The van der Waals surface area contributed by atoms with E-state index in [1.165, 1.54) is 24.8 Å². The van der Waals surface area contributed by atoms with Crippen LogP contribution in [0.1, 0.15) is 62.4 Å². The number of esters is 1. The Morgan fingerprint density at radius 2 is 1.97 bits per heavy atom. The molecule has 0 saturated heterocycles. The summed E-state index contributed by atoms with van der Waals surface area (Å²) in [6.07, 6.45) is 4.35. The van der Waals surface area contributed by atoms with Gasteiger partial charge < -0.3 is 19.3 Å². The molecule has 0 unspecified atom stereocenters. The molecule has 174 valence electrons. The molecule has 0 spiro atoms. The summed E-state index contributed by atoms with van der Waals surface area (Å²) in [6.45, 7) is 10.9. The summed E-state index contributed by atoms with van der Waals surface area (Å²) in [4.78, 5) is 16.5. The molecule has 1 N–H and O–H groups in total. The quantitative estimate of drug-likeness (QED) is 0.521. The van der Waals surface area contributed by atoms with Crippen molar-refractivity contribution in [1.29, 1.82) is 0 Å². The lowest BCUT2D eigenvalue weighted by atomic mass is 9.81. The maximum atomic E-state index is 11.4. The number of hydrogen-bond acceptors (Lipinski definition) is 6. The predicted molar refractivity (Wildman–Crippen MR) is 129 cm³/mol. The number of carbonyl (C=O) groups excluding carboxylic acids is 1. The number of rotatable bonds is 5. The SMILES string of the molecule is CCOc1cc2c(c3c1OC(C)(C)C3)C(c1ccc(/C=C/C(=O)OC)c(O)c1)=NC(C)(C)C2.